The third-order valence-corrected chi connectivity index (χ3v) is 4.31. The molecule has 110 valence electrons. The molecule has 0 bridgehead atoms. The fourth-order valence-corrected chi connectivity index (χ4v) is 3.21. The van der Waals surface area contributed by atoms with Crippen LogP contribution in [0.15, 0.2) is 34.9 Å². The lowest BCUT2D eigenvalue weighted by atomic mass is 9.83. The topological polar surface area (TPSA) is 86.2 Å². The molecule has 1 aliphatic rings. The van der Waals surface area contributed by atoms with Crippen molar-refractivity contribution in [1.29, 1.82) is 0 Å². The fourth-order valence-electron chi connectivity index (χ4n) is 3.21. The van der Waals surface area contributed by atoms with Gasteiger partial charge >= 0.3 is 0 Å². The first kappa shape index (κ1) is 13.0. The maximum absolute atomic E-state index is 12.2. The summed E-state index contributed by atoms with van der Waals surface area (Å²) in [4.78, 5) is 23.6. The highest BCUT2D eigenvalue weighted by Crippen LogP contribution is 2.36. The van der Waals surface area contributed by atoms with Gasteiger partial charge in [0.05, 0.1) is 17.7 Å². The number of hydrogen-bond donors (Lipinski definition) is 1. The summed E-state index contributed by atoms with van der Waals surface area (Å²) < 4.78 is 5.40. The van der Waals surface area contributed by atoms with Crippen molar-refractivity contribution < 1.29 is 14.1 Å². The predicted octanol–water partition coefficient (Wildman–Crippen LogP) is 2.97. The summed E-state index contributed by atoms with van der Waals surface area (Å²) in [5, 5.41) is 6.93. The largest absolute Gasteiger partial charge is 0.399 e. The fraction of sp³-hybridized carbons (Fsp3) is 0.235. The lowest BCUT2D eigenvalue weighted by Gasteiger charge is -2.17. The number of hydrogen-bond acceptors (Lipinski definition) is 5. The van der Waals surface area contributed by atoms with Crippen LogP contribution >= 0.6 is 0 Å². The average molecular weight is 294 g/mol. The van der Waals surface area contributed by atoms with Gasteiger partial charge in [0.15, 0.2) is 5.58 Å². The van der Waals surface area contributed by atoms with Crippen LogP contribution in [0.4, 0.5) is 5.69 Å². The van der Waals surface area contributed by atoms with Gasteiger partial charge in [0.2, 0.25) is 0 Å². The van der Waals surface area contributed by atoms with Crippen LogP contribution in [0.3, 0.4) is 0 Å². The molecule has 1 heterocycles. The Morgan fingerprint density at radius 3 is 2.86 bits per heavy atom. The van der Waals surface area contributed by atoms with E-state index in [1.165, 1.54) is 0 Å². The van der Waals surface area contributed by atoms with Gasteiger partial charge in [-0.3, -0.25) is 9.59 Å². The third kappa shape index (κ3) is 1.89. The minimum atomic E-state index is -0.359. The van der Waals surface area contributed by atoms with Gasteiger partial charge in [-0.2, -0.15) is 0 Å². The number of nitrogens with two attached hydrogens (primary N) is 1. The average Bonchev–Trinajstić information content (AvgIpc) is 2.91. The molecule has 4 rings (SSSR count). The zero-order valence-corrected chi connectivity index (χ0v) is 11.8. The summed E-state index contributed by atoms with van der Waals surface area (Å²) in [6, 6.07) is 9.40. The zero-order chi connectivity index (χ0) is 15.3. The van der Waals surface area contributed by atoms with Crippen molar-refractivity contribution in [3.63, 3.8) is 0 Å². The van der Waals surface area contributed by atoms with Crippen molar-refractivity contribution >= 4 is 39.0 Å². The maximum atomic E-state index is 12.2. The number of nitrogens with zero attached hydrogens (tertiary/aromatic N) is 1. The van der Waals surface area contributed by atoms with E-state index in [1.807, 2.05) is 30.3 Å². The van der Waals surface area contributed by atoms with Crippen LogP contribution in [0.5, 0.6) is 0 Å². The predicted molar refractivity (Wildman–Crippen MR) is 82.5 cm³/mol. The van der Waals surface area contributed by atoms with Crippen LogP contribution < -0.4 is 5.73 Å². The third-order valence-electron chi connectivity index (χ3n) is 4.31. The van der Waals surface area contributed by atoms with Crippen molar-refractivity contribution in [2.24, 2.45) is 0 Å². The van der Waals surface area contributed by atoms with Crippen LogP contribution in [0, 0.1) is 0 Å². The van der Waals surface area contributed by atoms with E-state index >= 15 is 0 Å². The molecule has 0 saturated heterocycles. The molecule has 0 aliphatic heterocycles. The first-order valence-corrected chi connectivity index (χ1v) is 7.25. The molecule has 0 unspecified atom stereocenters. The quantitative estimate of drug-likeness (QED) is 0.551. The van der Waals surface area contributed by atoms with Gasteiger partial charge < -0.3 is 10.3 Å². The van der Waals surface area contributed by atoms with Crippen molar-refractivity contribution in [1.82, 2.24) is 5.16 Å². The van der Waals surface area contributed by atoms with Gasteiger partial charge in [0.1, 0.15) is 17.3 Å². The molecule has 1 aliphatic carbocycles. The second-order valence-corrected chi connectivity index (χ2v) is 5.76. The van der Waals surface area contributed by atoms with Gasteiger partial charge in [-0.15, -0.1) is 0 Å². The number of aromatic nitrogens is 1. The van der Waals surface area contributed by atoms with Gasteiger partial charge in [0.25, 0.3) is 0 Å². The molecule has 0 spiro atoms. The number of rotatable bonds is 1. The molecule has 3 aromatic rings. The highest BCUT2D eigenvalue weighted by molar-refractivity contribution is 6.11. The minimum absolute atomic E-state index is 0.00324. The van der Waals surface area contributed by atoms with E-state index in [9.17, 15) is 9.59 Å². The monoisotopic (exact) mass is 294 g/mol. The zero-order valence-electron chi connectivity index (χ0n) is 11.8. The summed E-state index contributed by atoms with van der Waals surface area (Å²) >= 11 is 0. The van der Waals surface area contributed by atoms with E-state index in [-0.39, 0.29) is 23.9 Å². The molecule has 1 atom stereocenters. The number of benzene rings is 2. The van der Waals surface area contributed by atoms with E-state index in [0.717, 1.165) is 16.2 Å². The second-order valence-electron chi connectivity index (χ2n) is 5.76. The number of anilines is 1. The van der Waals surface area contributed by atoms with Crippen molar-refractivity contribution in [2.75, 3.05) is 5.73 Å². The highest BCUT2D eigenvalue weighted by Gasteiger charge is 2.32. The summed E-state index contributed by atoms with van der Waals surface area (Å²) in [6.45, 7) is 0. The van der Waals surface area contributed by atoms with E-state index in [2.05, 4.69) is 5.16 Å². The van der Waals surface area contributed by atoms with Crippen LogP contribution in [-0.2, 0) is 9.59 Å². The van der Waals surface area contributed by atoms with Gasteiger partial charge in [0, 0.05) is 12.1 Å². The molecule has 22 heavy (non-hydrogen) atoms. The van der Waals surface area contributed by atoms with E-state index in [1.54, 1.807) is 0 Å². The Morgan fingerprint density at radius 1 is 1.18 bits per heavy atom. The molecule has 1 aromatic heterocycles. The molecule has 2 aromatic carbocycles. The number of nitrogen functional groups attached to an aromatic ring is 1. The van der Waals surface area contributed by atoms with Crippen LogP contribution in [0.2, 0.25) is 0 Å². The molecule has 1 fully saturated rings. The Balaban J connectivity index is 1.95. The highest BCUT2D eigenvalue weighted by atomic mass is 16.5. The summed E-state index contributed by atoms with van der Waals surface area (Å²) in [7, 11) is 0. The Morgan fingerprint density at radius 2 is 2.05 bits per heavy atom. The van der Waals surface area contributed by atoms with Crippen molar-refractivity contribution in [3.05, 3.63) is 36.0 Å². The van der Waals surface area contributed by atoms with Crippen LogP contribution in [-0.4, -0.2) is 16.7 Å². The number of fused-ring (bicyclic) bond motifs is 3. The van der Waals surface area contributed by atoms with Gasteiger partial charge in [-0.1, -0.05) is 17.3 Å². The minimum Gasteiger partial charge on any atom is -0.399 e. The van der Waals surface area contributed by atoms with E-state index in [0.29, 0.717) is 29.8 Å². The van der Waals surface area contributed by atoms with Gasteiger partial charge in [-0.05, 0) is 35.4 Å². The second kappa shape index (κ2) is 4.66. The SMILES string of the molecule is Nc1ccc2c(ccc3onc([C@@H]4CCC(=O)CC4=O)c32)c1. The Bertz CT molecular complexity index is 926. The standard InChI is InChI=1S/C17H14N2O3/c18-10-2-4-12-9(7-10)1-6-15-16(12)17(19-22-15)13-5-3-11(20)8-14(13)21/h1-2,4,6-7,13H,3,5,8,18H2/t13-/m1/s1. The molecule has 5 heteroatoms. The normalized spacial score (nSPS) is 19.2. The lowest BCUT2D eigenvalue weighted by molar-refractivity contribution is -0.130. The molecule has 0 radical (unpaired) electrons. The lowest BCUT2D eigenvalue weighted by Crippen LogP contribution is -2.23. The molecular weight excluding hydrogens is 280 g/mol. The van der Waals surface area contributed by atoms with Crippen LogP contribution in [0.1, 0.15) is 30.9 Å². The molecule has 0 amide bonds. The van der Waals surface area contributed by atoms with Crippen molar-refractivity contribution in [3.8, 4) is 0 Å². The first-order chi connectivity index (χ1) is 10.6. The Kier molecular flexibility index (Phi) is 2.76. The molecule has 5 nitrogen and oxygen atoms in total. The van der Waals surface area contributed by atoms with Crippen molar-refractivity contribution in [2.45, 2.75) is 25.2 Å². The summed E-state index contributed by atoms with van der Waals surface area (Å²) in [5.41, 5.74) is 7.81. The molecular formula is C17H14N2O3. The van der Waals surface area contributed by atoms with E-state index in [4.69, 9.17) is 10.3 Å². The smallest absolute Gasteiger partial charge is 0.167 e. The van der Waals surface area contributed by atoms with Gasteiger partial charge in [-0.25, -0.2) is 0 Å². The van der Waals surface area contributed by atoms with Crippen LogP contribution in [0.25, 0.3) is 21.7 Å². The van der Waals surface area contributed by atoms with E-state index < -0.39 is 0 Å². The number of Topliss-reactive ketones (excluding diaryl/α,β-unsaturated/α-hetero) is 2. The molecule has 2 N–H and O–H groups in total. The summed E-state index contributed by atoms with van der Waals surface area (Å²) in [5.74, 6) is -0.423. The first-order valence-electron chi connectivity index (χ1n) is 7.25. The number of carbonyl (C=O) groups is 2. The maximum Gasteiger partial charge on any atom is 0.167 e. The Hall–Kier alpha value is -2.69. The Labute approximate surface area is 126 Å². The molecule has 1 saturated carbocycles. The summed E-state index contributed by atoms with van der Waals surface area (Å²) in [6.07, 6.45) is 0.921. The number of ketones is 2. The number of carbonyl (C=O) groups excluding carboxylic acids is 2.